The second-order valence-electron chi connectivity index (χ2n) is 4.06. The Hall–Kier alpha value is -1.38. The molecule has 0 saturated carbocycles. The topological polar surface area (TPSA) is 30.0 Å². The molecule has 92 valence electrons. The van der Waals surface area contributed by atoms with Gasteiger partial charge >= 0.3 is 0 Å². The summed E-state index contributed by atoms with van der Waals surface area (Å²) >= 11 is 11.8. The fraction of sp³-hybridized carbons (Fsp3) is 0.143. The summed E-state index contributed by atoms with van der Waals surface area (Å²) < 4.78 is 0. The summed E-state index contributed by atoms with van der Waals surface area (Å²) in [5, 5.41) is 0.991. The molecule has 0 spiro atoms. The van der Waals surface area contributed by atoms with Crippen LogP contribution in [0.15, 0.2) is 36.5 Å². The number of hydrogen-bond donors (Lipinski definition) is 0. The van der Waals surface area contributed by atoms with E-state index in [2.05, 4.69) is 4.98 Å². The van der Waals surface area contributed by atoms with Gasteiger partial charge in [-0.3, -0.25) is 4.79 Å². The maximum Gasteiger partial charge on any atom is 0.168 e. The molecule has 0 radical (unpaired) electrons. The molecule has 0 fully saturated rings. The van der Waals surface area contributed by atoms with Gasteiger partial charge in [0.15, 0.2) is 5.78 Å². The number of aryl methyl sites for hydroxylation is 1. The number of aromatic nitrogens is 1. The number of pyridine rings is 1. The molecule has 0 unspecified atom stereocenters. The second-order valence-corrected chi connectivity index (χ2v) is 4.86. The van der Waals surface area contributed by atoms with Crippen LogP contribution in [0.2, 0.25) is 10.2 Å². The lowest BCUT2D eigenvalue weighted by Gasteiger charge is -2.05. The summed E-state index contributed by atoms with van der Waals surface area (Å²) in [7, 11) is 0. The number of ketones is 1. The Bertz CT molecular complexity index is 579. The first kappa shape index (κ1) is 13.1. The fourth-order valence-corrected chi connectivity index (χ4v) is 2.03. The average molecular weight is 280 g/mol. The highest BCUT2D eigenvalue weighted by Crippen LogP contribution is 2.19. The molecule has 2 rings (SSSR count). The normalized spacial score (nSPS) is 10.4. The smallest absolute Gasteiger partial charge is 0.168 e. The predicted octanol–water partition coefficient (Wildman–Crippen LogP) is 4.12. The van der Waals surface area contributed by atoms with E-state index < -0.39 is 0 Å². The lowest BCUT2D eigenvalue weighted by atomic mass is 10.0. The number of benzene rings is 1. The van der Waals surface area contributed by atoms with Gasteiger partial charge in [0.25, 0.3) is 0 Å². The molecule has 0 bridgehead atoms. The first-order chi connectivity index (χ1) is 8.56. The van der Waals surface area contributed by atoms with Crippen molar-refractivity contribution in [1.29, 1.82) is 0 Å². The van der Waals surface area contributed by atoms with E-state index >= 15 is 0 Å². The first-order valence-corrected chi connectivity index (χ1v) is 6.21. The summed E-state index contributed by atoms with van der Waals surface area (Å²) in [4.78, 5) is 15.9. The van der Waals surface area contributed by atoms with Gasteiger partial charge in [-0.1, -0.05) is 35.3 Å². The summed E-state index contributed by atoms with van der Waals surface area (Å²) in [6.45, 7) is 1.96. The molecule has 1 heterocycles. The van der Waals surface area contributed by atoms with E-state index in [4.69, 9.17) is 23.2 Å². The third kappa shape index (κ3) is 3.09. The zero-order valence-electron chi connectivity index (χ0n) is 9.78. The largest absolute Gasteiger partial charge is 0.294 e. The first-order valence-electron chi connectivity index (χ1n) is 5.46. The van der Waals surface area contributed by atoms with Crippen molar-refractivity contribution in [3.05, 3.63) is 63.4 Å². The molecule has 0 aliphatic rings. The molecule has 4 heteroatoms. The van der Waals surface area contributed by atoms with Gasteiger partial charge in [-0.25, -0.2) is 4.98 Å². The summed E-state index contributed by atoms with van der Waals surface area (Å²) in [6.07, 6.45) is 1.75. The van der Waals surface area contributed by atoms with E-state index in [9.17, 15) is 4.79 Å². The van der Waals surface area contributed by atoms with E-state index in [1.807, 2.05) is 25.1 Å². The van der Waals surface area contributed by atoms with Crippen LogP contribution in [0.25, 0.3) is 0 Å². The molecular formula is C14H11Cl2NO. The molecule has 0 N–H and O–H groups in total. The molecular weight excluding hydrogens is 269 g/mol. The molecule has 2 aromatic rings. The molecule has 1 aromatic heterocycles. The molecule has 0 aliphatic heterocycles. The van der Waals surface area contributed by atoms with Crippen molar-refractivity contribution in [3.8, 4) is 0 Å². The number of hydrogen-bond acceptors (Lipinski definition) is 2. The van der Waals surface area contributed by atoms with Crippen LogP contribution in [0.4, 0.5) is 0 Å². The maximum atomic E-state index is 12.0. The Labute approximate surface area is 116 Å². The van der Waals surface area contributed by atoms with E-state index in [0.29, 0.717) is 15.7 Å². The van der Waals surface area contributed by atoms with Crippen molar-refractivity contribution in [1.82, 2.24) is 4.98 Å². The standard InChI is InChI=1S/C14H11Cl2NO/c1-9-2-3-10(12(15)6-9)7-13(18)11-4-5-14(16)17-8-11/h2-6,8H,7H2,1H3. The minimum Gasteiger partial charge on any atom is -0.294 e. The monoisotopic (exact) mass is 279 g/mol. The lowest BCUT2D eigenvalue weighted by Crippen LogP contribution is -2.04. The van der Waals surface area contributed by atoms with Crippen LogP contribution in [0.3, 0.4) is 0 Å². The zero-order chi connectivity index (χ0) is 13.1. The highest BCUT2D eigenvalue weighted by Gasteiger charge is 2.10. The van der Waals surface area contributed by atoms with Gasteiger partial charge in [0.2, 0.25) is 0 Å². The van der Waals surface area contributed by atoms with Crippen molar-refractivity contribution >= 4 is 29.0 Å². The van der Waals surface area contributed by atoms with Gasteiger partial charge in [0.1, 0.15) is 5.15 Å². The number of halogens is 2. The fourth-order valence-electron chi connectivity index (χ4n) is 1.61. The minimum atomic E-state index is -0.0232. The van der Waals surface area contributed by atoms with Crippen LogP contribution in [-0.4, -0.2) is 10.8 Å². The van der Waals surface area contributed by atoms with Crippen molar-refractivity contribution in [2.75, 3.05) is 0 Å². The van der Waals surface area contributed by atoms with E-state index in [0.717, 1.165) is 11.1 Å². The maximum absolute atomic E-state index is 12.0. The number of Topliss-reactive ketones (excluding diaryl/α,β-unsaturated/α-hetero) is 1. The minimum absolute atomic E-state index is 0.0232. The molecule has 0 atom stereocenters. The van der Waals surface area contributed by atoms with E-state index in [1.54, 1.807) is 12.1 Å². The Kier molecular flexibility index (Phi) is 4.00. The number of carbonyl (C=O) groups excluding carboxylic acids is 1. The predicted molar refractivity (Wildman–Crippen MR) is 73.5 cm³/mol. The van der Waals surface area contributed by atoms with Gasteiger partial charge in [0.05, 0.1) is 0 Å². The molecule has 2 nitrogen and oxygen atoms in total. The van der Waals surface area contributed by atoms with Crippen molar-refractivity contribution < 1.29 is 4.79 Å². The third-order valence-electron chi connectivity index (χ3n) is 2.61. The van der Waals surface area contributed by atoms with E-state index in [-0.39, 0.29) is 12.2 Å². The van der Waals surface area contributed by atoms with Gasteiger partial charge < -0.3 is 0 Å². The van der Waals surface area contributed by atoms with Gasteiger partial charge in [-0.15, -0.1) is 0 Å². The van der Waals surface area contributed by atoms with Gasteiger partial charge in [0, 0.05) is 23.2 Å². The van der Waals surface area contributed by atoms with E-state index in [1.165, 1.54) is 6.20 Å². The van der Waals surface area contributed by atoms with Crippen molar-refractivity contribution in [2.24, 2.45) is 0 Å². The Balaban J connectivity index is 2.18. The van der Waals surface area contributed by atoms with Crippen LogP contribution in [-0.2, 0) is 6.42 Å². The molecule has 0 saturated heterocycles. The molecule has 18 heavy (non-hydrogen) atoms. The Morgan fingerprint density at radius 3 is 2.61 bits per heavy atom. The molecule has 0 aliphatic carbocycles. The highest BCUT2D eigenvalue weighted by atomic mass is 35.5. The average Bonchev–Trinajstić information content (AvgIpc) is 2.33. The Morgan fingerprint density at radius 1 is 1.22 bits per heavy atom. The number of nitrogens with zero attached hydrogens (tertiary/aromatic N) is 1. The van der Waals surface area contributed by atoms with Gasteiger partial charge in [-0.05, 0) is 36.2 Å². The Morgan fingerprint density at radius 2 is 2.00 bits per heavy atom. The van der Waals surface area contributed by atoms with Crippen LogP contribution < -0.4 is 0 Å². The summed E-state index contributed by atoms with van der Waals surface area (Å²) in [5.41, 5.74) is 2.43. The number of carbonyl (C=O) groups is 1. The number of rotatable bonds is 3. The van der Waals surface area contributed by atoms with Crippen LogP contribution in [0.1, 0.15) is 21.5 Å². The van der Waals surface area contributed by atoms with Crippen LogP contribution >= 0.6 is 23.2 Å². The van der Waals surface area contributed by atoms with Crippen molar-refractivity contribution in [3.63, 3.8) is 0 Å². The molecule has 0 amide bonds. The SMILES string of the molecule is Cc1ccc(CC(=O)c2ccc(Cl)nc2)c(Cl)c1. The summed E-state index contributed by atoms with van der Waals surface area (Å²) in [6, 6.07) is 8.93. The lowest BCUT2D eigenvalue weighted by molar-refractivity contribution is 0.0992. The van der Waals surface area contributed by atoms with Gasteiger partial charge in [-0.2, -0.15) is 0 Å². The van der Waals surface area contributed by atoms with Crippen LogP contribution in [0.5, 0.6) is 0 Å². The summed E-state index contributed by atoms with van der Waals surface area (Å²) in [5.74, 6) is -0.0232. The zero-order valence-corrected chi connectivity index (χ0v) is 11.3. The highest BCUT2D eigenvalue weighted by molar-refractivity contribution is 6.31. The van der Waals surface area contributed by atoms with Crippen LogP contribution in [0, 0.1) is 6.92 Å². The van der Waals surface area contributed by atoms with Crippen molar-refractivity contribution in [2.45, 2.75) is 13.3 Å². The second kappa shape index (κ2) is 5.51. The third-order valence-corrected chi connectivity index (χ3v) is 3.18. The quantitative estimate of drug-likeness (QED) is 0.625. The molecule has 1 aromatic carbocycles.